The van der Waals surface area contributed by atoms with Gasteiger partial charge in [-0.2, -0.15) is 0 Å². The Morgan fingerprint density at radius 2 is 2.10 bits per heavy atom. The maximum absolute atomic E-state index is 11.5. The summed E-state index contributed by atoms with van der Waals surface area (Å²) in [6.45, 7) is 0.0843. The van der Waals surface area contributed by atoms with E-state index in [9.17, 15) is 4.79 Å². The molecule has 0 atom stereocenters. The zero-order chi connectivity index (χ0) is 14.5. The van der Waals surface area contributed by atoms with Crippen LogP contribution in [0.25, 0.3) is 6.08 Å². The van der Waals surface area contributed by atoms with Crippen molar-refractivity contribution in [2.75, 3.05) is 0 Å². The molecule has 0 spiro atoms. The summed E-state index contributed by atoms with van der Waals surface area (Å²) in [6.07, 6.45) is 2.81. The van der Waals surface area contributed by atoms with Gasteiger partial charge in [-0.3, -0.25) is 0 Å². The third-order valence-corrected chi connectivity index (χ3v) is 3.38. The molecule has 3 nitrogen and oxygen atoms in total. The minimum atomic E-state index is -0.483. The van der Waals surface area contributed by atoms with Gasteiger partial charge in [-0.15, -0.1) is 0 Å². The maximum atomic E-state index is 11.5. The Labute approximate surface area is 134 Å². The van der Waals surface area contributed by atoms with Crippen LogP contribution < -0.4 is 0 Å². The highest BCUT2D eigenvalue weighted by molar-refractivity contribution is 9.10. The Hall–Kier alpha value is -1.23. The average molecular weight is 376 g/mol. The Bertz CT molecular complexity index is 650. The monoisotopic (exact) mass is 374 g/mol. The normalized spacial score (nSPS) is 10.9. The van der Waals surface area contributed by atoms with Crippen molar-refractivity contribution in [3.8, 4) is 0 Å². The number of hydrogen-bond donors (Lipinski definition) is 0. The van der Waals surface area contributed by atoms with E-state index in [1.165, 1.54) is 12.2 Å². The third kappa shape index (κ3) is 4.40. The summed E-state index contributed by atoms with van der Waals surface area (Å²) in [5, 5.41) is 0.998. The molecule has 0 N–H and O–H groups in total. The largest absolute Gasteiger partial charge is 0.458 e. The van der Waals surface area contributed by atoms with Crippen molar-refractivity contribution >= 4 is 51.2 Å². The van der Waals surface area contributed by atoms with Gasteiger partial charge in [-0.1, -0.05) is 29.3 Å². The lowest BCUT2D eigenvalue weighted by molar-refractivity contribution is -0.138. The number of benzene rings is 1. The number of rotatable bonds is 4. The molecular formula is C14H9BrCl2O3. The zero-order valence-corrected chi connectivity index (χ0v) is 13.2. The highest BCUT2D eigenvalue weighted by Gasteiger charge is 2.04. The molecule has 20 heavy (non-hydrogen) atoms. The van der Waals surface area contributed by atoms with Crippen molar-refractivity contribution in [2.45, 2.75) is 6.61 Å². The van der Waals surface area contributed by atoms with Crippen LogP contribution in [0.1, 0.15) is 11.3 Å². The SMILES string of the molecule is O=C(/C=C/c1ccc(Br)o1)OCc1ccc(Cl)cc1Cl. The second kappa shape index (κ2) is 6.97. The van der Waals surface area contributed by atoms with Crippen LogP contribution in [0.15, 0.2) is 45.5 Å². The first-order valence-corrected chi connectivity index (χ1v) is 7.13. The minimum absolute atomic E-state index is 0.0843. The van der Waals surface area contributed by atoms with E-state index in [1.807, 2.05) is 0 Å². The van der Waals surface area contributed by atoms with Crippen LogP contribution in [0.2, 0.25) is 10.0 Å². The van der Waals surface area contributed by atoms with E-state index >= 15 is 0 Å². The van der Waals surface area contributed by atoms with Gasteiger partial charge in [0.25, 0.3) is 0 Å². The molecule has 1 aromatic heterocycles. The van der Waals surface area contributed by atoms with Gasteiger partial charge in [-0.25, -0.2) is 4.79 Å². The van der Waals surface area contributed by atoms with Crippen molar-refractivity contribution in [3.63, 3.8) is 0 Å². The van der Waals surface area contributed by atoms with Crippen molar-refractivity contribution in [1.29, 1.82) is 0 Å². The summed E-state index contributed by atoms with van der Waals surface area (Å²) in [7, 11) is 0. The fraction of sp³-hybridized carbons (Fsp3) is 0.0714. The molecule has 1 heterocycles. The molecule has 0 aliphatic carbocycles. The van der Waals surface area contributed by atoms with E-state index in [0.717, 1.165) is 0 Å². The first kappa shape index (κ1) is 15.2. The van der Waals surface area contributed by atoms with Crippen LogP contribution >= 0.6 is 39.1 Å². The molecule has 0 bridgehead atoms. The topological polar surface area (TPSA) is 39.4 Å². The van der Waals surface area contributed by atoms with Crippen LogP contribution in [0, 0.1) is 0 Å². The van der Waals surface area contributed by atoms with Crippen molar-refractivity contribution in [3.05, 3.63) is 62.4 Å². The van der Waals surface area contributed by atoms with Gasteiger partial charge < -0.3 is 9.15 Å². The molecule has 0 saturated heterocycles. The molecule has 0 fully saturated rings. The number of hydrogen-bond acceptors (Lipinski definition) is 3. The minimum Gasteiger partial charge on any atom is -0.458 e. The fourth-order valence-corrected chi connectivity index (χ4v) is 2.19. The highest BCUT2D eigenvalue weighted by atomic mass is 79.9. The second-order valence-electron chi connectivity index (χ2n) is 3.82. The maximum Gasteiger partial charge on any atom is 0.331 e. The number of carbonyl (C=O) groups is 1. The zero-order valence-electron chi connectivity index (χ0n) is 10.1. The summed E-state index contributed by atoms with van der Waals surface area (Å²) in [5.74, 6) is 0.0712. The first-order chi connectivity index (χ1) is 9.54. The van der Waals surface area contributed by atoms with E-state index in [2.05, 4.69) is 15.9 Å². The molecule has 0 aliphatic heterocycles. The highest BCUT2D eigenvalue weighted by Crippen LogP contribution is 2.21. The van der Waals surface area contributed by atoms with E-state index in [1.54, 1.807) is 30.3 Å². The Balaban J connectivity index is 1.90. The summed E-state index contributed by atoms with van der Waals surface area (Å²) in [6, 6.07) is 8.46. The molecular weight excluding hydrogens is 367 g/mol. The Morgan fingerprint density at radius 3 is 2.75 bits per heavy atom. The standard InChI is InChI=1S/C14H9BrCl2O3/c15-13-5-3-11(20-13)4-6-14(18)19-8-9-1-2-10(16)7-12(9)17/h1-7H,8H2/b6-4+. The van der Waals surface area contributed by atoms with E-state index in [-0.39, 0.29) is 6.61 Å². The molecule has 0 unspecified atom stereocenters. The molecule has 2 rings (SSSR count). The van der Waals surface area contributed by atoms with Crippen molar-refractivity contribution < 1.29 is 13.9 Å². The number of halogens is 3. The summed E-state index contributed by atoms with van der Waals surface area (Å²) >= 11 is 14.9. The Morgan fingerprint density at radius 1 is 1.30 bits per heavy atom. The summed E-state index contributed by atoms with van der Waals surface area (Å²) in [4.78, 5) is 11.5. The molecule has 0 aliphatic rings. The smallest absolute Gasteiger partial charge is 0.331 e. The lowest BCUT2D eigenvalue weighted by Gasteiger charge is -2.04. The van der Waals surface area contributed by atoms with Gasteiger partial charge in [-0.05, 0) is 46.3 Å². The van der Waals surface area contributed by atoms with Crippen LogP contribution in [0.4, 0.5) is 0 Å². The molecule has 1 aromatic carbocycles. The van der Waals surface area contributed by atoms with Gasteiger partial charge >= 0.3 is 5.97 Å². The first-order valence-electron chi connectivity index (χ1n) is 5.59. The Kier molecular flexibility index (Phi) is 5.29. The van der Waals surface area contributed by atoms with Gasteiger partial charge in [0.2, 0.25) is 0 Å². The molecule has 2 aromatic rings. The van der Waals surface area contributed by atoms with Crippen LogP contribution in [0.3, 0.4) is 0 Å². The van der Waals surface area contributed by atoms with E-state index in [4.69, 9.17) is 32.4 Å². The fourth-order valence-electron chi connectivity index (χ4n) is 1.40. The number of carbonyl (C=O) groups excluding carboxylic acids is 1. The van der Waals surface area contributed by atoms with Crippen molar-refractivity contribution in [1.82, 2.24) is 0 Å². The van der Waals surface area contributed by atoms with E-state index < -0.39 is 5.97 Å². The number of furan rings is 1. The predicted molar refractivity (Wildman–Crippen MR) is 81.7 cm³/mol. The second-order valence-corrected chi connectivity index (χ2v) is 5.44. The van der Waals surface area contributed by atoms with Crippen molar-refractivity contribution in [2.24, 2.45) is 0 Å². The summed E-state index contributed by atoms with van der Waals surface area (Å²) in [5.41, 5.74) is 0.693. The summed E-state index contributed by atoms with van der Waals surface area (Å²) < 4.78 is 10.9. The number of esters is 1. The quantitative estimate of drug-likeness (QED) is 0.550. The molecule has 6 heteroatoms. The molecule has 0 saturated carbocycles. The van der Waals surface area contributed by atoms with Gasteiger partial charge in [0.05, 0.1) is 0 Å². The lowest BCUT2D eigenvalue weighted by atomic mass is 10.2. The van der Waals surface area contributed by atoms with Gasteiger partial charge in [0, 0.05) is 21.7 Å². The van der Waals surface area contributed by atoms with Crippen LogP contribution in [-0.4, -0.2) is 5.97 Å². The van der Waals surface area contributed by atoms with Gasteiger partial charge in [0.15, 0.2) is 4.67 Å². The van der Waals surface area contributed by atoms with Crippen LogP contribution in [-0.2, 0) is 16.1 Å². The molecule has 0 radical (unpaired) electrons. The third-order valence-electron chi connectivity index (χ3n) is 2.36. The van der Waals surface area contributed by atoms with E-state index in [0.29, 0.717) is 26.0 Å². The number of ether oxygens (including phenoxy) is 1. The molecule has 104 valence electrons. The average Bonchev–Trinajstić information content (AvgIpc) is 2.81. The molecule has 0 amide bonds. The van der Waals surface area contributed by atoms with Gasteiger partial charge in [0.1, 0.15) is 12.4 Å². The van der Waals surface area contributed by atoms with Crippen LogP contribution in [0.5, 0.6) is 0 Å². The lowest BCUT2D eigenvalue weighted by Crippen LogP contribution is -2.01. The predicted octanol–water partition coefficient (Wildman–Crippen LogP) is 5.11.